The van der Waals surface area contributed by atoms with Crippen LogP contribution in [0, 0.1) is 0 Å². The second-order valence-corrected chi connectivity index (χ2v) is 10.1. The maximum absolute atomic E-state index is 12.9. The summed E-state index contributed by atoms with van der Waals surface area (Å²) >= 11 is 1.23. The number of nitrogens with zero attached hydrogens (tertiary/aromatic N) is 1. The lowest BCUT2D eigenvalue weighted by molar-refractivity contribution is 0.0607. The van der Waals surface area contributed by atoms with Crippen LogP contribution in [0.15, 0.2) is 83.8 Å². The topological polar surface area (TPSA) is 92.8 Å². The van der Waals surface area contributed by atoms with Gasteiger partial charge in [0.15, 0.2) is 0 Å². The molecule has 0 aliphatic carbocycles. The van der Waals surface area contributed by atoms with E-state index in [1.165, 1.54) is 54.1 Å². The van der Waals surface area contributed by atoms with Crippen molar-refractivity contribution in [1.29, 1.82) is 0 Å². The summed E-state index contributed by atoms with van der Waals surface area (Å²) in [5.74, 6) is -1.01. The van der Waals surface area contributed by atoms with Crippen molar-refractivity contribution in [2.24, 2.45) is 0 Å². The molecule has 33 heavy (non-hydrogen) atoms. The number of rotatable bonds is 6. The van der Waals surface area contributed by atoms with Gasteiger partial charge in [-0.25, -0.2) is 13.2 Å². The smallest absolute Gasteiger partial charge is 0.350 e. The van der Waals surface area contributed by atoms with Gasteiger partial charge in [-0.05, 0) is 42.5 Å². The number of methoxy groups -OCH3 is 1. The SMILES string of the molecule is COC(=O)c1sc2ccccc2c1NC(=O)c1ccc(S(=O)(=O)N(C)c2ccccc2)cc1. The lowest BCUT2D eigenvalue weighted by Crippen LogP contribution is -2.26. The van der Waals surface area contributed by atoms with E-state index in [1.807, 2.05) is 24.3 Å². The number of hydrogen-bond acceptors (Lipinski definition) is 6. The standard InChI is InChI=1S/C24H20N2O5S2/c1-26(17-8-4-3-5-9-17)33(29,30)18-14-12-16(13-15-18)23(27)25-21-19-10-6-7-11-20(19)32-22(21)24(28)31-2/h3-15H,1-2H3,(H,25,27). The first-order valence-corrected chi connectivity index (χ1v) is 12.1. The van der Waals surface area contributed by atoms with E-state index < -0.39 is 21.9 Å². The van der Waals surface area contributed by atoms with Crippen LogP contribution in [0.5, 0.6) is 0 Å². The normalized spacial score (nSPS) is 11.2. The summed E-state index contributed by atoms with van der Waals surface area (Å²) in [4.78, 5) is 25.5. The number of benzene rings is 3. The molecule has 1 aromatic heterocycles. The number of carbonyl (C=O) groups is 2. The predicted molar refractivity (Wildman–Crippen MR) is 130 cm³/mol. The van der Waals surface area contributed by atoms with E-state index in [2.05, 4.69) is 5.32 Å². The highest BCUT2D eigenvalue weighted by Crippen LogP contribution is 2.36. The number of thiophene rings is 1. The molecule has 0 fully saturated rings. The molecule has 9 heteroatoms. The van der Waals surface area contributed by atoms with Gasteiger partial charge in [0.2, 0.25) is 0 Å². The highest BCUT2D eigenvalue weighted by Gasteiger charge is 2.23. The van der Waals surface area contributed by atoms with Gasteiger partial charge in [0, 0.05) is 22.7 Å². The second kappa shape index (κ2) is 9.05. The van der Waals surface area contributed by atoms with E-state index in [4.69, 9.17) is 4.74 Å². The highest BCUT2D eigenvalue weighted by atomic mass is 32.2. The molecule has 0 spiro atoms. The number of esters is 1. The van der Waals surface area contributed by atoms with Crippen molar-refractivity contribution in [2.75, 3.05) is 23.8 Å². The summed E-state index contributed by atoms with van der Waals surface area (Å²) in [6, 6.07) is 21.7. The van der Waals surface area contributed by atoms with Gasteiger partial charge in [0.25, 0.3) is 15.9 Å². The van der Waals surface area contributed by atoms with Gasteiger partial charge in [-0.2, -0.15) is 0 Å². The summed E-state index contributed by atoms with van der Waals surface area (Å²) in [6.07, 6.45) is 0. The van der Waals surface area contributed by atoms with Gasteiger partial charge in [0.05, 0.1) is 23.4 Å². The fourth-order valence-corrected chi connectivity index (χ4v) is 5.58. The fourth-order valence-electron chi connectivity index (χ4n) is 3.30. The van der Waals surface area contributed by atoms with E-state index in [0.717, 1.165) is 10.1 Å². The number of fused-ring (bicyclic) bond motifs is 1. The average Bonchev–Trinajstić information content (AvgIpc) is 3.22. The molecule has 0 radical (unpaired) electrons. The zero-order chi connectivity index (χ0) is 23.6. The molecule has 1 amide bonds. The third kappa shape index (κ3) is 4.33. The third-order valence-electron chi connectivity index (χ3n) is 5.10. The lowest BCUT2D eigenvalue weighted by Gasteiger charge is -2.19. The molecule has 7 nitrogen and oxygen atoms in total. The lowest BCUT2D eigenvalue weighted by atomic mass is 10.2. The number of nitrogens with one attached hydrogen (secondary N) is 1. The Kier molecular flexibility index (Phi) is 6.17. The van der Waals surface area contributed by atoms with Crippen molar-refractivity contribution < 1.29 is 22.7 Å². The quantitative estimate of drug-likeness (QED) is 0.402. The fraction of sp³-hybridized carbons (Fsp3) is 0.0833. The molecule has 0 saturated heterocycles. The molecule has 0 aliphatic heterocycles. The first-order chi connectivity index (χ1) is 15.8. The van der Waals surface area contributed by atoms with Gasteiger partial charge in [-0.3, -0.25) is 9.10 Å². The number of carbonyl (C=O) groups excluding carboxylic acids is 2. The second-order valence-electron chi connectivity index (χ2n) is 7.08. The molecule has 0 atom stereocenters. The maximum atomic E-state index is 12.9. The molecule has 1 heterocycles. The summed E-state index contributed by atoms with van der Waals surface area (Å²) in [5.41, 5.74) is 1.15. The first-order valence-electron chi connectivity index (χ1n) is 9.88. The number of para-hydroxylation sites is 1. The zero-order valence-electron chi connectivity index (χ0n) is 17.8. The number of anilines is 2. The van der Waals surface area contributed by atoms with Crippen molar-refractivity contribution in [1.82, 2.24) is 0 Å². The van der Waals surface area contributed by atoms with Crippen molar-refractivity contribution in [3.63, 3.8) is 0 Å². The minimum atomic E-state index is -3.79. The Morgan fingerprint density at radius 3 is 2.21 bits per heavy atom. The monoisotopic (exact) mass is 480 g/mol. The van der Waals surface area contributed by atoms with E-state index in [1.54, 1.807) is 30.3 Å². The van der Waals surface area contributed by atoms with Crippen LogP contribution in [0.2, 0.25) is 0 Å². The first kappa shape index (κ1) is 22.5. The Labute approximate surface area is 195 Å². The van der Waals surface area contributed by atoms with Crippen LogP contribution < -0.4 is 9.62 Å². The van der Waals surface area contributed by atoms with Gasteiger partial charge in [-0.15, -0.1) is 11.3 Å². The Morgan fingerprint density at radius 2 is 1.55 bits per heavy atom. The maximum Gasteiger partial charge on any atom is 0.350 e. The van der Waals surface area contributed by atoms with Crippen LogP contribution in [0.4, 0.5) is 11.4 Å². The Hall–Kier alpha value is -3.69. The Morgan fingerprint density at radius 1 is 0.909 bits per heavy atom. The third-order valence-corrected chi connectivity index (χ3v) is 8.05. The average molecular weight is 481 g/mol. The van der Waals surface area contributed by atoms with Crippen LogP contribution in [0.25, 0.3) is 10.1 Å². The van der Waals surface area contributed by atoms with Crippen molar-refractivity contribution in [3.8, 4) is 0 Å². The van der Waals surface area contributed by atoms with Crippen LogP contribution in [0.1, 0.15) is 20.0 Å². The molecular formula is C24H20N2O5S2. The highest BCUT2D eigenvalue weighted by molar-refractivity contribution is 7.92. The largest absolute Gasteiger partial charge is 0.465 e. The van der Waals surface area contributed by atoms with E-state index >= 15 is 0 Å². The molecule has 0 bridgehead atoms. The van der Waals surface area contributed by atoms with E-state index in [-0.39, 0.29) is 15.3 Å². The van der Waals surface area contributed by atoms with Crippen LogP contribution in [-0.2, 0) is 14.8 Å². The zero-order valence-corrected chi connectivity index (χ0v) is 19.4. The minimum absolute atomic E-state index is 0.0571. The number of sulfonamides is 1. The Bertz CT molecular complexity index is 1430. The molecule has 4 rings (SSSR count). The van der Waals surface area contributed by atoms with Crippen LogP contribution in [0.3, 0.4) is 0 Å². The van der Waals surface area contributed by atoms with E-state index in [9.17, 15) is 18.0 Å². The van der Waals surface area contributed by atoms with Crippen molar-refractivity contribution in [2.45, 2.75) is 4.90 Å². The molecule has 1 N–H and O–H groups in total. The Balaban J connectivity index is 1.61. The van der Waals surface area contributed by atoms with Gasteiger partial charge in [0.1, 0.15) is 4.88 Å². The predicted octanol–water partition coefficient (Wildman–Crippen LogP) is 4.77. The van der Waals surface area contributed by atoms with Gasteiger partial charge >= 0.3 is 5.97 Å². The van der Waals surface area contributed by atoms with Crippen LogP contribution >= 0.6 is 11.3 Å². The van der Waals surface area contributed by atoms with E-state index in [0.29, 0.717) is 11.4 Å². The van der Waals surface area contributed by atoms with Crippen molar-refractivity contribution in [3.05, 3.63) is 89.3 Å². The number of amides is 1. The molecular weight excluding hydrogens is 460 g/mol. The molecule has 0 saturated carbocycles. The summed E-state index contributed by atoms with van der Waals surface area (Å²) < 4.78 is 32.8. The number of ether oxygens (including phenoxy) is 1. The molecule has 4 aromatic rings. The molecule has 0 unspecified atom stereocenters. The summed E-state index contributed by atoms with van der Waals surface area (Å²) in [5, 5.41) is 3.50. The van der Waals surface area contributed by atoms with Crippen molar-refractivity contribution >= 4 is 54.7 Å². The minimum Gasteiger partial charge on any atom is -0.465 e. The number of hydrogen-bond donors (Lipinski definition) is 1. The summed E-state index contributed by atoms with van der Waals surface area (Å²) in [6.45, 7) is 0. The van der Waals surface area contributed by atoms with Crippen LogP contribution in [-0.4, -0.2) is 34.5 Å². The molecule has 0 aliphatic rings. The van der Waals surface area contributed by atoms with Gasteiger partial charge < -0.3 is 10.1 Å². The molecule has 3 aromatic carbocycles. The summed E-state index contributed by atoms with van der Waals surface area (Å²) in [7, 11) is -1.04. The molecule has 168 valence electrons. The van der Waals surface area contributed by atoms with Gasteiger partial charge in [-0.1, -0.05) is 36.4 Å².